The summed E-state index contributed by atoms with van der Waals surface area (Å²) in [6.07, 6.45) is 2.72. The van der Waals surface area contributed by atoms with Crippen molar-refractivity contribution >= 4 is 23.2 Å². The van der Waals surface area contributed by atoms with E-state index in [4.69, 9.17) is 16.3 Å². The molecule has 0 unspecified atom stereocenters. The lowest BCUT2D eigenvalue weighted by molar-refractivity contribution is 0.102. The second-order valence-electron chi connectivity index (χ2n) is 3.88. The first-order valence-corrected chi connectivity index (χ1v) is 5.91. The minimum absolute atomic E-state index is 0.149. The second-order valence-corrected chi connectivity index (χ2v) is 4.27. The Labute approximate surface area is 115 Å². The van der Waals surface area contributed by atoms with Crippen LogP contribution in [-0.2, 0) is 0 Å². The molecule has 19 heavy (non-hydrogen) atoms. The maximum atomic E-state index is 12.0. The predicted octanol–water partition coefficient (Wildman–Crippen LogP) is 2.70. The average molecular weight is 278 g/mol. The molecule has 1 amide bonds. The van der Waals surface area contributed by atoms with Crippen LogP contribution in [0.1, 0.15) is 16.1 Å². The first-order valence-electron chi connectivity index (χ1n) is 5.53. The van der Waals surface area contributed by atoms with Crippen molar-refractivity contribution in [2.75, 3.05) is 12.4 Å². The minimum Gasteiger partial charge on any atom is -0.495 e. The second kappa shape index (κ2) is 5.67. The Morgan fingerprint density at radius 3 is 2.84 bits per heavy atom. The SMILES string of the molecule is COc1ccc(C)cc1NC(=O)c1cncc(Cl)n1. The van der Waals surface area contributed by atoms with Gasteiger partial charge in [-0.2, -0.15) is 0 Å². The standard InChI is InChI=1S/C13H12ClN3O2/c1-8-3-4-11(19-2)9(5-8)17-13(18)10-6-15-7-12(14)16-10/h3-7H,1-2H3,(H,17,18). The molecule has 0 aliphatic carbocycles. The molecule has 98 valence electrons. The Morgan fingerprint density at radius 2 is 2.16 bits per heavy atom. The van der Waals surface area contributed by atoms with Crippen LogP contribution in [0.5, 0.6) is 5.75 Å². The van der Waals surface area contributed by atoms with Crippen LogP contribution in [0.3, 0.4) is 0 Å². The highest BCUT2D eigenvalue weighted by Gasteiger charge is 2.12. The summed E-state index contributed by atoms with van der Waals surface area (Å²) in [7, 11) is 1.54. The Bertz CT molecular complexity index is 617. The summed E-state index contributed by atoms with van der Waals surface area (Å²) in [6, 6.07) is 5.50. The smallest absolute Gasteiger partial charge is 0.276 e. The van der Waals surface area contributed by atoms with Crippen LogP contribution in [0.15, 0.2) is 30.6 Å². The lowest BCUT2D eigenvalue weighted by Crippen LogP contribution is -2.14. The number of ether oxygens (including phenoxy) is 1. The maximum absolute atomic E-state index is 12.0. The monoisotopic (exact) mass is 277 g/mol. The molecule has 0 aliphatic heterocycles. The summed E-state index contributed by atoms with van der Waals surface area (Å²) in [5, 5.41) is 2.89. The summed E-state index contributed by atoms with van der Waals surface area (Å²) in [5.41, 5.74) is 1.73. The number of amides is 1. The summed E-state index contributed by atoms with van der Waals surface area (Å²) in [6.45, 7) is 1.92. The predicted molar refractivity (Wildman–Crippen MR) is 72.7 cm³/mol. The van der Waals surface area contributed by atoms with E-state index in [0.717, 1.165) is 5.56 Å². The summed E-state index contributed by atoms with van der Waals surface area (Å²) < 4.78 is 5.18. The molecule has 0 spiro atoms. The fourth-order valence-electron chi connectivity index (χ4n) is 1.56. The molecular weight excluding hydrogens is 266 g/mol. The van der Waals surface area contributed by atoms with Gasteiger partial charge in [0.2, 0.25) is 0 Å². The highest BCUT2D eigenvalue weighted by molar-refractivity contribution is 6.29. The fraction of sp³-hybridized carbons (Fsp3) is 0.154. The fourth-order valence-corrected chi connectivity index (χ4v) is 1.70. The largest absolute Gasteiger partial charge is 0.495 e. The molecule has 5 nitrogen and oxygen atoms in total. The average Bonchev–Trinajstić information content (AvgIpc) is 2.39. The molecule has 0 saturated heterocycles. The zero-order chi connectivity index (χ0) is 13.8. The molecule has 1 aromatic heterocycles. The van der Waals surface area contributed by atoms with E-state index in [1.807, 2.05) is 19.1 Å². The van der Waals surface area contributed by atoms with Crippen LogP contribution in [0.25, 0.3) is 0 Å². The van der Waals surface area contributed by atoms with Crippen molar-refractivity contribution in [1.29, 1.82) is 0 Å². The van der Waals surface area contributed by atoms with E-state index in [2.05, 4.69) is 15.3 Å². The van der Waals surface area contributed by atoms with Gasteiger partial charge in [0.25, 0.3) is 5.91 Å². The highest BCUT2D eigenvalue weighted by atomic mass is 35.5. The quantitative estimate of drug-likeness (QED) is 0.937. The van der Waals surface area contributed by atoms with Crippen molar-refractivity contribution in [2.45, 2.75) is 6.92 Å². The number of aromatic nitrogens is 2. The van der Waals surface area contributed by atoms with E-state index in [1.165, 1.54) is 12.4 Å². The van der Waals surface area contributed by atoms with Gasteiger partial charge >= 0.3 is 0 Å². The van der Waals surface area contributed by atoms with Gasteiger partial charge in [-0.1, -0.05) is 17.7 Å². The number of benzene rings is 1. The summed E-state index contributed by atoms with van der Waals surface area (Å²) in [4.78, 5) is 19.7. The first-order chi connectivity index (χ1) is 9.10. The normalized spacial score (nSPS) is 10.1. The molecule has 0 saturated carbocycles. The molecule has 1 aromatic carbocycles. The maximum Gasteiger partial charge on any atom is 0.276 e. The van der Waals surface area contributed by atoms with E-state index >= 15 is 0 Å². The number of carbonyl (C=O) groups excluding carboxylic acids is 1. The molecule has 1 heterocycles. The van der Waals surface area contributed by atoms with Crippen LogP contribution < -0.4 is 10.1 Å². The number of hydrogen-bond acceptors (Lipinski definition) is 4. The van der Waals surface area contributed by atoms with Crippen molar-refractivity contribution < 1.29 is 9.53 Å². The lowest BCUT2D eigenvalue weighted by atomic mass is 10.2. The van der Waals surface area contributed by atoms with Crippen LogP contribution in [0, 0.1) is 6.92 Å². The van der Waals surface area contributed by atoms with E-state index < -0.39 is 0 Å². The number of nitrogens with zero attached hydrogens (tertiary/aromatic N) is 2. The number of carbonyl (C=O) groups is 1. The topological polar surface area (TPSA) is 64.1 Å². The minimum atomic E-state index is -0.390. The molecule has 2 rings (SSSR count). The molecule has 0 bridgehead atoms. The molecule has 0 radical (unpaired) electrons. The lowest BCUT2D eigenvalue weighted by Gasteiger charge is -2.10. The van der Waals surface area contributed by atoms with Gasteiger partial charge in [0, 0.05) is 0 Å². The van der Waals surface area contributed by atoms with E-state index in [1.54, 1.807) is 13.2 Å². The molecule has 0 fully saturated rings. The zero-order valence-corrected chi connectivity index (χ0v) is 11.2. The van der Waals surface area contributed by atoms with Crippen LogP contribution in [0.2, 0.25) is 5.15 Å². The number of nitrogens with one attached hydrogen (secondary N) is 1. The van der Waals surface area contributed by atoms with Crippen LogP contribution in [-0.4, -0.2) is 23.0 Å². The summed E-state index contributed by atoms with van der Waals surface area (Å²) >= 11 is 5.70. The third-order valence-corrected chi connectivity index (χ3v) is 2.62. The molecule has 6 heteroatoms. The molecule has 0 aliphatic rings. The number of methoxy groups -OCH3 is 1. The van der Waals surface area contributed by atoms with Gasteiger partial charge in [0.1, 0.15) is 16.6 Å². The van der Waals surface area contributed by atoms with Gasteiger partial charge in [-0.05, 0) is 24.6 Å². The van der Waals surface area contributed by atoms with Crippen molar-refractivity contribution in [3.63, 3.8) is 0 Å². The highest BCUT2D eigenvalue weighted by Crippen LogP contribution is 2.25. The van der Waals surface area contributed by atoms with E-state index in [9.17, 15) is 4.79 Å². The van der Waals surface area contributed by atoms with Gasteiger partial charge in [0.15, 0.2) is 0 Å². The Morgan fingerprint density at radius 1 is 1.37 bits per heavy atom. The Hall–Kier alpha value is -2.14. The zero-order valence-electron chi connectivity index (χ0n) is 10.5. The molecule has 0 atom stereocenters. The van der Waals surface area contributed by atoms with Gasteiger partial charge in [-0.25, -0.2) is 4.98 Å². The molecule has 2 aromatic rings. The molecule has 1 N–H and O–H groups in total. The van der Waals surface area contributed by atoms with Crippen molar-refractivity contribution in [2.24, 2.45) is 0 Å². The van der Waals surface area contributed by atoms with Gasteiger partial charge in [0.05, 0.1) is 25.2 Å². The van der Waals surface area contributed by atoms with Crippen molar-refractivity contribution in [3.05, 3.63) is 47.0 Å². The van der Waals surface area contributed by atoms with Gasteiger partial charge in [-0.3, -0.25) is 9.78 Å². The van der Waals surface area contributed by atoms with Gasteiger partial charge < -0.3 is 10.1 Å². The number of anilines is 1. The van der Waals surface area contributed by atoms with Crippen molar-refractivity contribution in [3.8, 4) is 5.75 Å². The van der Waals surface area contributed by atoms with E-state index in [0.29, 0.717) is 11.4 Å². The van der Waals surface area contributed by atoms with Gasteiger partial charge in [-0.15, -0.1) is 0 Å². The number of rotatable bonds is 3. The summed E-state index contributed by atoms with van der Waals surface area (Å²) in [5.74, 6) is 0.188. The molecular formula is C13H12ClN3O2. The number of aryl methyl sites for hydroxylation is 1. The third kappa shape index (κ3) is 3.20. The Balaban J connectivity index is 2.26. The first kappa shape index (κ1) is 13.3. The number of hydrogen-bond donors (Lipinski definition) is 1. The van der Waals surface area contributed by atoms with E-state index in [-0.39, 0.29) is 16.8 Å². The van der Waals surface area contributed by atoms with Crippen LogP contribution in [0.4, 0.5) is 5.69 Å². The Kier molecular flexibility index (Phi) is 3.97. The third-order valence-electron chi connectivity index (χ3n) is 2.44. The number of halogens is 1. The van der Waals surface area contributed by atoms with Crippen LogP contribution >= 0.6 is 11.6 Å². The van der Waals surface area contributed by atoms with Crippen molar-refractivity contribution in [1.82, 2.24) is 9.97 Å².